The van der Waals surface area contributed by atoms with Crippen molar-refractivity contribution in [3.8, 4) is 0 Å². The summed E-state index contributed by atoms with van der Waals surface area (Å²) in [5.74, 6) is 2.11. The van der Waals surface area contributed by atoms with Crippen molar-refractivity contribution < 1.29 is 20.9 Å². The van der Waals surface area contributed by atoms with Crippen LogP contribution in [0.1, 0.15) is 112 Å². The van der Waals surface area contributed by atoms with Crippen molar-refractivity contribution in [1.29, 1.82) is 0 Å². The summed E-state index contributed by atoms with van der Waals surface area (Å²) in [6, 6.07) is 0.582. The largest absolute Gasteiger partial charge is 0.344 e. The average molecular weight is 430 g/mol. The Morgan fingerprint density at radius 2 is 1.20 bits per heavy atom. The number of nitrogens with zero attached hydrogens (tertiary/aromatic N) is 1. The maximum atomic E-state index is 4.06. The molecule has 2 fully saturated rings. The minimum atomic E-state index is 0.582. The Bertz CT molecular complexity index is 224. The molecule has 0 aliphatic heterocycles. The summed E-state index contributed by atoms with van der Waals surface area (Å²) < 4.78 is 4.06. The fraction of sp³-hybridized carbons (Fsp3) is 0.870. The second-order valence-electron chi connectivity index (χ2n) is 7.31. The van der Waals surface area contributed by atoms with Gasteiger partial charge in [0.2, 0.25) is 0 Å². The van der Waals surface area contributed by atoms with Gasteiger partial charge in [0.25, 0.3) is 0 Å². The van der Waals surface area contributed by atoms with Gasteiger partial charge in [-0.15, -0.1) is 0 Å². The van der Waals surface area contributed by atoms with Crippen molar-refractivity contribution in [3.63, 3.8) is 0 Å². The van der Waals surface area contributed by atoms with Crippen LogP contribution < -0.4 is 0 Å². The van der Waals surface area contributed by atoms with Crippen molar-refractivity contribution >= 4 is 0 Å². The van der Waals surface area contributed by atoms with Crippen molar-refractivity contribution in [2.45, 2.75) is 118 Å². The Labute approximate surface area is 173 Å². The van der Waals surface area contributed by atoms with Gasteiger partial charge < -0.3 is 19.8 Å². The predicted octanol–water partition coefficient (Wildman–Crippen LogP) is 8.33. The molecule has 0 spiro atoms. The van der Waals surface area contributed by atoms with Crippen molar-refractivity contribution in [3.05, 3.63) is 19.8 Å². The van der Waals surface area contributed by atoms with Gasteiger partial charge in [0.05, 0.1) is 0 Å². The van der Waals surface area contributed by atoms with Gasteiger partial charge in [-0.2, -0.15) is 32.1 Å². The summed E-state index contributed by atoms with van der Waals surface area (Å²) in [5, 5.41) is 0. The first-order valence-corrected chi connectivity index (χ1v) is 11.8. The third kappa shape index (κ3) is 20.7. The van der Waals surface area contributed by atoms with E-state index in [0.717, 1.165) is 18.3 Å². The molecule has 1 atom stereocenters. The molecule has 0 aromatic carbocycles. The van der Waals surface area contributed by atoms with Gasteiger partial charge in [0, 0.05) is 0 Å². The van der Waals surface area contributed by atoms with Gasteiger partial charge >= 0.3 is 50.5 Å². The molecular weight excluding hydrogens is 383 g/mol. The van der Waals surface area contributed by atoms with E-state index in [2.05, 4.69) is 50.8 Å². The molecule has 0 aromatic rings. The first-order chi connectivity index (χ1) is 12.1. The molecule has 0 N–H and O–H groups in total. The van der Waals surface area contributed by atoms with Crippen molar-refractivity contribution in [1.82, 2.24) is 0 Å². The van der Waals surface area contributed by atoms with E-state index in [1.54, 1.807) is 20.9 Å². The van der Waals surface area contributed by atoms with E-state index >= 15 is 0 Å². The van der Waals surface area contributed by atoms with E-state index in [1.807, 2.05) is 6.92 Å². The van der Waals surface area contributed by atoms with Crippen LogP contribution in [0.3, 0.4) is 0 Å². The summed E-state index contributed by atoms with van der Waals surface area (Å²) >= 11 is 1.55. The molecule has 0 heterocycles. The van der Waals surface area contributed by atoms with E-state index in [0.29, 0.717) is 6.04 Å². The van der Waals surface area contributed by atoms with E-state index in [4.69, 9.17) is 0 Å². The molecule has 25 heavy (non-hydrogen) atoms. The Hall–Kier alpha value is 0.540. The molecule has 2 heteroatoms. The third-order valence-electron chi connectivity index (χ3n) is 5.06. The Kier molecular flexibility index (Phi) is 25.1. The van der Waals surface area contributed by atoms with Crippen molar-refractivity contribution in [2.24, 2.45) is 15.2 Å². The zero-order valence-corrected chi connectivity index (χ0v) is 20.2. The molecule has 0 bridgehead atoms. The number of hydrogen-bond acceptors (Lipinski definition) is 1. The molecule has 0 saturated heterocycles. The van der Waals surface area contributed by atoms with E-state index in [9.17, 15) is 0 Å². The maximum Gasteiger partial charge on any atom is -0.0465 e. The van der Waals surface area contributed by atoms with Gasteiger partial charge in [-0.25, -0.2) is 0 Å². The van der Waals surface area contributed by atoms with Gasteiger partial charge in [-0.3, -0.25) is 0 Å². The normalized spacial score (nSPS) is 19.1. The average Bonchev–Trinajstić information content (AvgIpc) is 2.70. The number of rotatable bonds is 4. The molecule has 2 saturated carbocycles. The monoisotopic (exact) mass is 429 g/mol. The molecule has 2 aliphatic rings. The topological polar surface area (TPSA) is 12.4 Å². The van der Waals surface area contributed by atoms with Crippen LogP contribution in [-0.2, 0) is 20.9 Å². The molecule has 0 radical (unpaired) electrons. The molecule has 2 rings (SSSR count). The molecule has 1 unspecified atom stereocenters. The van der Waals surface area contributed by atoms with Crippen LogP contribution in [0, 0.1) is 31.6 Å². The van der Waals surface area contributed by atoms with E-state index in [1.165, 1.54) is 70.6 Å². The smallest absolute Gasteiger partial charge is 0.0465 e. The molecule has 0 amide bonds. The van der Waals surface area contributed by atoms with Gasteiger partial charge in [0.1, 0.15) is 0 Å². The standard InChI is InChI=1S/2C8H15.C4H9N.C3H7.Nb/c2*1-2-8-6-4-3-5-7-8;1-3-4(2)5;1-3-2;/h2*3,8H,2,4-7H2,1H3;4H,3H2,1-2H3;1,3H2,2H3;/q2*-1;;-1;. The Morgan fingerprint density at radius 3 is 1.32 bits per heavy atom. The summed E-state index contributed by atoms with van der Waals surface area (Å²) in [6.45, 7) is 14.4. The van der Waals surface area contributed by atoms with Crippen LogP contribution in [-0.4, -0.2) is 6.04 Å². The van der Waals surface area contributed by atoms with Crippen LogP contribution in [0.2, 0.25) is 0 Å². The van der Waals surface area contributed by atoms with Gasteiger partial charge in [0.15, 0.2) is 0 Å². The van der Waals surface area contributed by atoms with E-state index < -0.39 is 0 Å². The first kappa shape index (κ1) is 27.8. The van der Waals surface area contributed by atoms with Crippen LogP contribution in [0.15, 0.2) is 3.34 Å². The van der Waals surface area contributed by atoms with E-state index in [-0.39, 0.29) is 0 Å². The maximum absolute atomic E-state index is 4.06. The Morgan fingerprint density at radius 1 is 0.880 bits per heavy atom. The second kappa shape index (κ2) is 22.6. The predicted molar refractivity (Wildman–Crippen MR) is 111 cm³/mol. The quantitative estimate of drug-likeness (QED) is 0.315. The SMILES string of the molecule is CCC(C)[N]=[Nb].CCC1CC[CH-]CC1.CCC1CC[CH-]CC1.[CH2-]CC. The van der Waals surface area contributed by atoms with Crippen LogP contribution in [0.4, 0.5) is 0 Å². The van der Waals surface area contributed by atoms with Crippen LogP contribution in [0.25, 0.3) is 0 Å². The zero-order chi connectivity index (χ0) is 19.3. The molecule has 2 aliphatic carbocycles. The molecule has 0 aromatic heterocycles. The molecular formula is C23H46NNb-3. The van der Waals surface area contributed by atoms with Gasteiger partial charge in [-0.05, 0) is 11.8 Å². The summed E-state index contributed by atoms with van der Waals surface area (Å²) in [4.78, 5) is 0. The molecule has 151 valence electrons. The fourth-order valence-corrected chi connectivity index (χ4v) is 3.29. The minimum Gasteiger partial charge on any atom is -0.344 e. The number of hydrogen-bond donors (Lipinski definition) is 0. The minimum absolute atomic E-state index is 0.582. The summed E-state index contributed by atoms with van der Waals surface area (Å²) in [7, 11) is 0. The fourth-order valence-electron chi connectivity index (χ4n) is 2.89. The van der Waals surface area contributed by atoms with Gasteiger partial charge in [-0.1, -0.05) is 59.3 Å². The summed E-state index contributed by atoms with van der Waals surface area (Å²) in [6.07, 6.45) is 21.1. The zero-order valence-electron chi connectivity index (χ0n) is 18.0. The summed E-state index contributed by atoms with van der Waals surface area (Å²) in [5.41, 5.74) is 0. The second-order valence-corrected chi connectivity index (χ2v) is 7.88. The third-order valence-corrected chi connectivity index (χ3v) is 6.03. The first-order valence-electron chi connectivity index (χ1n) is 10.9. The Balaban J connectivity index is 0. The van der Waals surface area contributed by atoms with Crippen LogP contribution >= 0.6 is 0 Å². The molecule has 1 nitrogen and oxygen atoms in total. The van der Waals surface area contributed by atoms with Crippen LogP contribution in [0.5, 0.6) is 0 Å². The van der Waals surface area contributed by atoms with Crippen molar-refractivity contribution in [2.75, 3.05) is 0 Å².